The lowest BCUT2D eigenvalue weighted by molar-refractivity contribution is -0.0907. The number of fused-ring (bicyclic) bond motifs is 2. The van der Waals surface area contributed by atoms with Crippen LogP contribution in [0.3, 0.4) is 0 Å². The first kappa shape index (κ1) is 39.3. The van der Waals surface area contributed by atoms with Crippen LogP contribution < -0.4 is 25.4 Å². The lowest BCUT2D eigenvalue weighted by atomic mass is 9.87. The van der Waals surface area contributed by atoms with E-state index in [4.69, 9.17) is 23.7 Å². The Labute approximate surface area is 316 Å². The molecule has 15 heteroatoms. The number of urea groups is 1. The molecular weight excluding hydrogens is 717 g/mol. The first-order valence-corrected chi connectivity index (χ1v) is 19.8. The van der Waals surface area contributed by atoms with E-state index in [0.29, 0.717) is 50.5 Å². The molecule has 3 aliphatic rings. The summed E-state index contributed by atoms with van der Waals surface area (Å²) < 4.78 is 57.9. The second kappa shape index (κ2) is 17.8. The Kier molecular flexibility index (Phi) is 13.0. The molecule has 292 valence electrons. The highest BCUT2D eigenvalue weighted by Gasteiger charge is 2.44. The van der Waals surface area contributed by atoms with Gasteiger partial charge in [0.1, 0.15) is 6.10 Å². The number of amides is 3. The maximum atomic E-state index is 14.4. The van der Waals surface area contributed by atoms with Crippen molar-refractivity contribution in [1.29, 1.82) is 0 Å². The molecule has 14 nitrogen and oxygen atoms in total. The topological polar surface area (TPSA) is 174 Å². The number of aliphatic hydroxyl groups excluding tert-OH is 1. The Balaban J connectivity index is 1.14. The first-order valence-electron chi connectivity index (χ1n) is 18.3. The highest BCUT2D eigenvalue weighted by Crippen LogP contribution is 2.36. The number of carbonyl (C=O) groups excluding carboxylic acids is 2. The molecule has 3 amide bonds. The number of carbonyl (C=O) groups is 2. The van der Waals surface area contributed by atoms with E-state index in [1.165, 1.54) is 16.4 Å². The van der Waals surface area contributed by atoms with Crippen LogP contribution in [0.1, 0.15) is 44.2 Å². The van der Waals surface area contributed by atoms with Crippen molar-refractivity contribution < 1.29 is 46.8 Å². The van der Waals surface area contributed by atoms with Crippen LogP contribution in [0.4, 0.5) is 9.59 Å². The van der Waals surface area contributed by atoms with E-state index >= 15 is 0 Å². The molecule has 5 atom stereocenters. The zero-order chi connectivity index (χ0) is 38.1. The van der Waals surface area contributed by atoms with Crippen molar-refractivity contribution in [3.05, 3.63) is 90.0 Å². The van der Waals surface area contributed by atoms with Gasteiger partial charge in [-0.1, -0.05) is 74.5 Å². The molecule has 54 heavy (non-hydrogen) atoms. The lowest BCUT2D eigenvalue weighted by Gasteiger charge is -2.35. The Morgan fingerprint density at radius 2 is 1.69 bits per heavy atom. The fourth-order valence-corrected chi connectivity index (χ4v) is 8.62. The third-order valence-corrected chi connectivity index (χ3v) is 11.7. The maximum absolute atomic E-state index is 14.4. The smallest absolute Gasteiger partial charge is 0.407 e. The molecule has 2 fully saturated rings. The molecule has 3 heterocycles. The van der Waals surface area contributed by atoms with E-state index in [1.807, 2.05) is 74.5 Å². The molecule has 4 N–H and O–H groups in total. The van der Waals surface area contributed by atoms with E-state index in [-0.39, 0.29) is 49.8 Å². The number of nitrogens with one attached hydrogen (secondary N) is 3. The van der Waals surface area contributed by atoms with Gasteiger partial charge in [0, 0.05) is 32.2 Å². The second-order valence-electron chi connectivity index (χ2n) is 14.7. The average Bonchev–Trinajstić information content (AvgIpc) is 3.92. The van der Waals surface area contributed by atoms with E-state index in [1.54, 1.807) is 6.07 Å². The number of ether oxygens (including phenoxy) is 5. The summed E-state index contributed by atoms with van der Waals surface area (Å²) in [5.41, 5.74) is 1.23. The van der Waals surface area contributed by atoms with Gasteiger partial charge in [-0.15, -0.1) is 0 Å². The van der Waals surface area contributed by atoms with Crippen LogP contribution >= 0.6 is 0 Å². The van der Waals surface area contributed by atoms with Crippen molar-refractivity contribution in [2.45, 2.75) is 75.5 Å². The molecule has 3 aliphatic heterocycles. The highest BCUT2D eigenvalue weighted by atomic mass is 32.2. The Morgan fingerprint density at radius 3 is 2.44 bits per heavy atom. The van der Waals surface area contributed by atoms with Crippen molar-refractivity contribution in [3.8, 4) is 11.5 Å². The molecule has 0 aliphatic carbocycles. The summed E-state index contributed by atoms with van der Waals surface area (Å²) in [6.07, 6.45) is -0.918. The standard InChI is InChI=1S/C39H50N4O10S/c1-39(2,17-9-18-40-37(45)41-22-28-12-7-4-8-13-28)25-43(54(47,48)29-14-15-33-34(21-29)52-26-51-33)23-32(44)31(20-27-10-5-3-6-11-27)42-38(46)53-35-24-50-36-30(35)16-19-49-36/h3-8,10-15,21,30-32,35-36,44H,9,16-20,22-26H2,1-2H3,(H,42,46)(H2,40,41,45)/t30-,31-,32+,35-,36+/m0/s1. The van der Waals surface area contributed by atoms with E-state index in [2.05, 4.69) is 16.0 Å². The molecule has 3 aromatic carbocycles. The van der Waals surface area contributed by atoms with Gasteiger partial charge >= 0.3 is 12.1 Å². The van der Waals surface area contributed by atoms with Gasteiger partial charge in [0.15, 0.2) is 17.8 Å². The van der Waals surface area contributed by atoms with Crippen LogP contribution in [-0.4, -0.2) is 94.1 Å². The van der Waals surface area contributed by atoms with Crippen LogP contribution in [0.25, 0.3) is 0 Å². The summed E-state index contributed by atoms with van der Waals surface area (Å²) in [4.78, 5) is 25.7. The molecule has 2 saturated heterocycles. The largest absolute Gasteiger partial charge is 0.454 e. The van der Waals surface area contributed by atoms with Crippen LogP contribution in [-0.2, 0) is 37.2 Å². The third kappa shape index (κ3) is 10.4. The molecule has 0 bridgehead atoms. The first-order chi connectivity index (χ1) is 26.0. The summed E-state index contributed by atoms with van der Waals surface area (Å²) in [6.45, 7) is 5.08. The average molecular weight is 767 g/mol. The van der Waals surface area contributed by atoms with Crippen molar-refractivity contribution >= 4 is 22.1 Å². The normalized spacial score (nSPS) is 20.3. The van der Waals surface area contributed by atoms with Gasteiger partial charge < -0.3 is 44.7 Å². The predicted octanol–water partition coefficient (Wildman–Crippen LogP) is 4.17. The summed E-state index contributed by atoms with van der Waals surface area (Å²) >= 11 is 0. The summed E-state index contributed by atoms with van der Waals surface area (Å²) in [5.74, 6) is 0.677. The molecule has 0 unspecified atom stereocenters. The number of sulfonamides is 1. The van der Waals surface area contributed by atoms with Gasteiger partial charge in [-0.2, -0.15) is 4.31 Å². The molecule has 0 saturated carbocycles. The van der Waals surface area contributed by atoms with Crippen LogP contribution in [0, 0.1) is 11.3 Å². The minimum Gasteiger partial charge on any atom is -0.454 e. The predicted molar refractivity (Wildman–Crippen MR) is 198 cm³/mol. The zero-order valence-corrected chi connectivity index (χ0v) is 31.5. The van der Waals surface area contributed by atoms with E-state index in [0.717, 1.165) is 11.1 Å². The molecule has 6 rings (SSSR count). The Bertz CT molecular complexity index is 1810. The summed E-state index contributed by atoms with van der Waals surface area (Å²) in [6, 6.07) is 22.1. The molecule has 0 spiro atoms. The fourth-order valence-electron chi connectivity index (χ4n) is 6.96. The minimum atomic E-state index is -4.21. The monoisotopic (exact) mass is 766 g/mol. The summed E-state index contributed by atoms with van der Waals surface area (Å²) in [7, 11) is -4.21. The van der Waals surface area contributed by atoms with Gasteiger partial charge in [0.05, 0.1) is 36.2 Å². The van der Waals surface area contributed by atoms with Gasteiger partial charge in [-0.25, -0.2) is 18.0 Å². The van der Waals surface area contributed by atoms with Crippen LogP contribution in [0.5, 0.6) is 11.5 Å². The Morgan fingerprint density at radius 1 is 0.963 bits per heavy atom. The van der Waals surface area contributed by atoms with Gasteiger partial charge in [0.2, 0.25) is 16.8 Å². The number of rotatable bonds is 17. The third-order valence-electron chi connectivity index (χ3n) is 9.90. The number of alkyl carbamates (subject to hydrolysis) is 1. The summed E-state index contributed by atoms with van der Waals surface area (Å²) in [5, 5.41) is 20.4. The van der Waals surface area contributed by atoms with Crippen molar-refractivity contribution in [1.82, 2.24) is 20.3 Å². The van der Waals surface area contributed by atoms with E-state index in [9.17, 15) is 23.1 Å². The van der Waals surface area contributed by atoms with Crippen molar-refractivity contribution in [3.63, 3.8) is 0 Å². The number of hydrogen-bond acceptors (Lipinski definition) is 10. The lowest BCUT2D eigenvalue weighted by Crippen LogP contribution is -2.52. The fraction of sp³-hybridized carbons (Fsp3) is 0.487. The number of nitrogens with zero attached hydrogens (tertiary/aromatic N) is 1. The highest BCUT2D eigenvalue weighted by molar-refractivity contribution is 7.89. The van der Waals surface area contributed by atoms with Gasteiger partial charge in [0.25, 0.3) is 0 Å². The second-order valence-corrected chi connectivity index (χ2v) is 16.6. The molecule has 0 aromatic heterocycles. The van der Waals surface area contributed by atoms with Gasteiger partial charge in [-0.3, -0.25) is 0 Å². The van der Waals surface area contributed by atoms with Crippen molar-refractivity contribution in [2.75, 3.05) is 39.6 Å². The minimum absolute atomic E-state index is 0.0169. The van der Waals surface area contributed by atoms with Crippen LogP contribution in [0.15, 0.2) is 83.8 Å². The molecule has 3 aromatic rings. The van der Waals surface area contributed by atoms with Crippen molar-refractivity contribution in [2.24, 2.45) is 11.3 Å². The zero-order valence-electron chi connectivity index (χ0n) is 30.6. The number of aliphatic hydroxyl groups is 1. The molecular formula is C39H50N4O10S. The van der Waals surface area contributed by atoms with Crippen LogP contribution in [0.2, 0.25) is 0 Å². The Hall–Kier alpha value is -4.41. The van der Waals surface area contributed by atoms with Gasteiger partial charge in [-0.05, 0) is 54.4 Å². The maximum Gasteiger partial charge on any atom is 0.407 e. The van der Waals surface area contributed by atoms with E-state index < -0.39 is 46.1 Å². The number of benzene rings is 3. The SMILES string of the molecule is CC(C)(CCCNC(=O)NCc1ccccc1)CN(C[C@@H](O)[C@H](Cc1ccccc1)NC(=O)O[C@H]1CO[C@H]2OCC[C@H]21)S(=O)(=O)c1ccc2c(c1)OCO2. The molecule has 0 radical (unpaired) electrons. The number of hydrogen-bond donors (Lipinski definition) is 4. The quantitative estimate of drug-likeness (QED) is 0.146.